The average molecular weight is 504 g/mol. The third-order valence-electron chi connectivity index (χ3n) is 7.08. The molecule has 1 unspecified atom stereocenters. The van der Waals surface area contributed by atoms with Crippen molar-refractivity contribution in [2.45, 2.75) is 32.0 Å². The van der Waals surface area contributed by atoms with Crippen LogP contribution in [0.4, 0.5) is 5.95 Å². The molecule has 6 rings (SSSR count). The molecule has 3 aliphatic heterocycles. The number of anilines is 1. The van der Waals surface area contributed by atoms with Crippen LogP contribution in [0.15, 0.2) is 48.7 Å². The molecule has 1 atom stereocenters. The molecular weight excluding hydrogens is 478 g/mol. The van der Waals surface area contributed by atoms with E-state index in [-0.39, 0.29) is 24.4 Å². The van der Waals surface area contributed by atoms with Gasteiger partial charge in [-0.2, -0.15) is 0 Å². The SMILES string of the molecule is O=C(CN1Cc2ccc(-c3nc(NC4CCOC4)ncc3Cl)cc2C1=O)N1CCc2ccccc2C1. The number of aromatic nitrogens is 2. The van der Waals surface area contributed by atoms with Gasteiger partial charge in [-0.3, -0.25) is 9.59 Å². The van der Waals surface area contributed by atoms with Crippen LogP contribution in [-0.4, -0.2) is 63.9 Å². The number of carbonyl (C=O) groups excluding carboxylic acids is 2. The van der Waals surface area contributed by atoms with Gasteiger partial charge in [-0.15, -0.1) is 0 Å². The Morgan fingerprint density at radius 2 is 2.00 bits per heavy atom. The quantitative estimate of drug-likeness (QED) is 0.573. The van der Waals surface area contributed by atoms with E-state index in [0.29, 0.717) is 48.5 Å². The molecule has 2 amide bonds. The van der Waals surface area contributed by atoms with Gasteiger partial charge in [-0.05, 0) is 35.6 Å². The van der Waals surface area contributed by atoms with Gasteiger partial charge in [-0.1, -0.05) is 48.0 Å². The minimum atomic E-state index is -0.149. The van der Waals surface area contributed by atoms with Gasteiger partial charge in [0.25, 0.3) is 5.91 Å². The lowest BCUT2D eigenvalue weighted by Gasteiger charge is -2.30. The number of halogens is 1. The molecular formula is C27H26ClN5O3. The van der Waals surface area contributed by atoms with E-state index in [1.165, 1.54) is 11.1 Å². The van der Waals surface area contributed by atoms with E-state index in [0.717, 1.165) is 30.6 Å². The fourth-order valence-electron chi connectivity index (χ4n) is 5.08. The lowest BCUT2D eigenvalue weighted by Crippen LogP contribution is -2.42. The number of hydrogen-bond acceptors (Lipinski definition) is 6. The molecule has 36 heavy (non-hydrogen) atoms. The average Bonchev–Trinajstić information content (AvgIpc) is 3.52. The Bertz CT molecular complexity index is 1340. The lowest BCUT2D eigenvalue weighted by molar-refractivity contribution is -0.132. The van der Waals surface area contributed by atoms with Crippen molar-refractivity contribution < 1.29 is 14.3 Å². The van der Waals surface area contributed by atoms with Crippen molar-refractivity contribution in [3.63, 3.8) is 0 Å². The molecule has 2 aromatic carbocycles. The number of hydrogen-bond donors (Lipinski definition) is 1. The molecule has 0 spiro atoms. The van der Waals surface area contributed by atoms with Gasteiger partial charge in [-0.25, -0.2) is 9.97 Å². The number of ether oxygens (including phenoxy) is 1. The maximum absolute atomic E-state index is 13.2. The second-order valence-corrected chi connectivity index (χ2v) is 9.87. The predicted molar refractivity (Wildman–Crippen MR) is 136 cm³/mol. The van der Waals surface area contributed by atoms with Crippen LogP contribution in [-0.2, 0) is 29.0 Å². The maximum atomic E-state index is 13.2. The van der Waals surface area contributed by atoms with Crippen molar-refractivity contribution in [2.24, 2.45) is 0 Å². The maximum Gasteiger partial charge on any atom is 0.254 e. The van der Waals surface area contributed by atoms with E-state index < -0.39 is 0 Å². The standard InChI is InChI=1S/C27H26ClN5O3/c28-23-12-29-27(30-21-8-10-36-16-21)31-25(23)18-5-6-20-14-33(26(35)22(20)11-18)15-24(34)32-9-7-17-3-1-2-4-19(17)13-32/h1-6,11-12,21H,7-10,13-16H2,(H,29,30,31). The Morgan fingerprint density at radius 3 is 2.83 bits per heavy atom. The first-order valence-corrected chi connectivity index (χ1v) is 12.6. The number of carbonyl (C=O) groups is 2. The second kappa shape index (κ2) is 9.52. The first kappa shape index (κ1) is 22.9. The Labute approximate surface area is 214 Å². The van der Waals surface area contributed by atoms with Gasteiger partial charge in [0, 0.05) is 37.4 Å². The van der Waals surface area contributed by atoms with Crippen LogP contribution in [0.25, 0.3) is 11.3 Å². The zero-order valence-electron chi connectivity index (χ0n) is 19.7. The molecule has 0 aliphatic carbocycles. The molecule has 184 valence electrons. The largest absolute Gasteiger partial charge is 0.379 e. The molecule has 3 aliphatic rings. The topological polar surface area (TPSA) is 87.7 Å². The molecule has 9 heteroatoms. The van der Waals surface area contributed by atoms with Crippen LogP contribution in [0.2, 0.25) is 5.02 Å². The first-order valence-electron chi connectivity index (χ1n) is 12.2. The van der Waals surface area contributed by atoms with E-state index in [4.69, 9.17) is 16.3 Å². The molecule has 4 heterocycles. The molecule has 0 bridgehead atoms. The van der Waals surface area contributed by atoms with Crippen molar-refractivity contribution in [3.8, 4) is 11.3 Å². The zero-order valence-corrected chi connectivity index (χ0v) is 20.5. The summed E-state index contributed by atoms with van der Waals surface area (Å²) in [7, 11) is 0. The summed E-state index contributed by atoms with van der Waals surface area (Å²) in [4.78, 5) is 38.7. The van der Waals surface area contributed by atoms with E-state index >= 15 is 0 Å². The van der Waals surface area contributed by atoms with E-state index in [9.17, 15) is 9.59 Å². The van der Waals surface area contributed by atoms with Crippen molar-refractivity contribution in [2.75, 3.05) is 31.6 Å². The number of benzene rings is 2. The van der Waals surface area contributed by atoms with E-state index in [1.54, 1.807) is 11.1 Å². The molecule has 0 saturated carbocycles. The molecule has 1 saturated heterocycles. The van der Waals surface area contributed by atoms with Crippen molar-refractivity contribution in [1.82, 2.24) is 19.8 Å². The van der Waals surface area contributed by atoms with Crippen LogP contribution in [0, 0.1) is 0 Å². The van der Waals surface area contributed by atoms with Crippen molar-refractivity contribution in [3.05, 3.63) is 75.9 Å². The highest BCUT2D eigenvalue weighted by Crippen LogP contribution is 2.32. The third kappa shape index (κ3) is 4.42. The lowest BCUT2D eigenvalue weighted by atomic mass is 10.00. The highest BCUT2D eigenvalue weighted by atomic mass is 35.5. The van der Waals surface area contributed by atoms with E-state index in [1.807, 2.05) is 35.2 Å². The summed E-state index contributed by atoms with van der Waals surface area (Å²) in [5.41, 5.74) is 5.24. The van der Waals surface area contributed by atoms with Gasteiger partial charge in [0.15, 0.2) is 0 Å². The summed E-state index contributed by atoms with van der Waals surface area (Å²) in [5.74, 6) is 0.299. The molecule has 1 aromatic heterocycles. The van der Waals surface area contributed by atoms with Gasteiger partial charge in [0.2, 0.25) is 11.9 Å². The van der Waals surface area contributed by atoms with Gasteiger partial charge >= 0.3 is 0 Å². The Kier molecular flexibility index (Phi) is 6.07. The number of fused-ring (bicyclic) bond motifs is 2. The molecule has 3 aromatic rings. The Morgan fingerprint density at radius 1 is 1.14 bits per heavy atom. The fourth-order valence-corrected chi connectivity index (χ4v) is 5.28. The van der Waals surface area contributed by atoms with Crippen LogP contribution >= 0.6 is 11.6 Å². The normalized spacial score (nSPS) is 18.8. The highest BCUT2D eigenvalue weighted by molar-refractivity contribution is 6.33. The predicted octanol–water partition coefficient (Wildman–Crippen LogP) is 3.54. The number of nitrogens with zero attached hydrogens (tertiary/aromatic N) is 4. The molecule has 1 fully saturated rings. The number of nitrogens with one attached hydrogen (secondary N) is 1. The minimum absolute atomic E-state index is 0.0312. The van der Waals surface area contributed by atoms with E-state index in [2.05, 4.69) is 27.4 Å². The summed E-state index contributed by atoms with van der Waals surface area (Å²) in [6.07, 6.45) is 3.30. The van der Waals surface area contributed by atoms with Crippen molar-refractivity contribution >= 4 is 29.4 Å². The second-order valence-electron chi connectivity index (χ2n) is 9.46. The summed E-state index contributed by atoms with van der Waals surface area (Å²) in [6.45, 7) is 3.07. The summed E-state index contributed by atoms with van der Waals surface area (Å²) < 4.78 is 5.41. The summed E-state index contributed by atoms with van der Waals surface area (Å²) in [6, 6.07) is 14.0. The third-order valence-corrected chi connectivity index (χ3v) is 7.36. The van der Waals surface area contributed by atoms with Crippen molar-refractivity contribution in [1.29, 1.82) is 0 Å². The summed E-state index contributed by atoms with van der Waals surface area (Å²) >= 11 is 6.43. The van der Waals surface area contributed by atoms with Crippen LogP contribution in [0.1, 0.15) is 33.5 Å². The van der Waals surface area contributed by atoms with Gasteiger partial charge in [0.05, 0.1) is 29.6 Å². The molecule has 1 N–H and O–H groups in total. The smallest absolute Gasteiger partial charge is 0.254 e. The first-order chi connectivity index (χ1) is 17.5. The number of rotatable bonds is 5. The summed E-state index contributed by atoms with van der Waals surface area (Å²) in [5, 5.41) is 3.69. The monoisotopic (exact) mass is 503 g/mol. The van der Waals surface area contributed by atoms with Crippen LogP contribution in [0.3, 0.4) is 0 Å². The fraction of sp³-hybridized carbons (Fsp3) is 0.333. The Hall–Kier alpha value is -3.49. The highest BCUT2D eigenvalue weighted by Gasteiger charge is 2.31. The zero-order chi connectivity index (χ0) is 24.6. The molecule has 0 radical (unpaired) electrons. The van der Waals surface area contributed by atoms with Crippen LogP contribution < -0.4 is 5.32 Å². The Balaban J connectivity index is 1.17. The minimum Gasteiger partial charge on any atom is -0.379 e. The van der Waals surface area contributed by atoms with Crippen LogP contribution in [0.5, 0.6) is 0 Å². The number of amides is 2. The molecule has 8 nitrogen and oxygen atoms in total. The van der Waals surface area contributed by atoms with Gasteiger partial charge < -0.3 is 19.9 Å². The van der Waals surface area contributed by atoms with Gasteiger partial charge in [0.1, 0.15) is 6.54 Å².